The van der Waals surface area contributed by atoms with E-state index < -0.39 is 0 Å². The average Bonchev–Trinajstić information content (AvgIpc) is 2.68. The van der Waals surface area contributed by atoms with Crippen LogP contribution in [0.15, 0.2) is 30.9 Å². The van der Waals surface area contributed by atoms with E-state index in [0.29, 0.717) is 11.5 Å². The van der Waals surface area contributed by atoms with Gasteiger partial charge in [0, 0.05) is 16.8 Å². The molecule has 0 aromatic carbocycles. The van der Waals surface area contributed by atoms with E-state index in [-0.39, 0.29) is 5.91 Å². The lowest BCUT2D eigenvalue weighted by Gasteiger charge is -2.04. The molecule has 0 aliphatic carbocycles. The number of imidazole rings is 1. The molecule has 0 atom stereocenters. The fourth-order valence-corrected chi connectivity index (χ4v) is 1.53. The van der Waals surface area contributed by atoms with E-state index in [1.807, 2.05) is 6.07 Å². The van der Waals surface area contributed by atoms with Gasteiger partial charge >= 0.3 is 0 Å². The number of rotatable bonds is 2. The van der Waals surface area contributed by atoms with E-state index in [0.717, 1.165) is 3.57 Å². The number of pyridine rings is 1. The largest absolute Gasteiger partial charge is 0.330 e. The van der Waals surface area contributed by atoms with E-state index in [2.05, 4.69) is 37.9 Å². The molecular formula is C10H9IN4O. The van der Waals surface area contributed by atoms with E-state index in [4.69, 9.17) is 0 Å². The van der Waals surface area contributed by atoms with E-state index in [9.17, 15) is 4.79 Å². The summed E-state index contributed by atoms with van der Waals surface area (Å²) < 4.78 is 2.68. The summed E-state index contributed by atoms with van der Waals surface area (Å²) in [6.07, 6.45) is 4.79. The van der Waals surface area contributed by atoms with Crippen LogP contribution >= 0.6 is 22.6 Å². The molecule has 1 amide bonds. The van der Waals surface area contributed by atoms with Crippen LogP contribution in [0.5, 0.6) is 0 Å². The standard InChI is InChI=1S/C10H9IN4O/c1-15-6-12-5-8(15)10(16)14-9-3-2-7(11)4-13-9/h2-6H,1H3,(H,13,14,16). The highest BCUT2D eigenvalue weighted by Gasteiger charge is 2.09. The molecular weight excluding hydrogens is 319 g/mol. The van der Waals surface area contributed by atoms with Crippen LogP contribution in [0.1, 0.15) is 10.5 Å². The second-order valence-electron chi connectivity index (χ2n) is 3.21. The first kappa shape index (κ1) is 11.1. The molecule has 16 heavy (non-hydrogen) atoms. The maximum atomic E-state index is 11.8. The minimum absolute atomic E-state index is 0.214. The van der Waals surface area contributed by atoms with Gasteiger partial charge in [-0.2, -0.15) is 0 Å². The van der Waals surface area contributed by atoms with Crippen LogP contribution in [0.2, 0.25) is 0 Å². The Morgan fingerprint density at radius 3 is 2.81 bits per heavy atom. The van der Waals surface area contributed by atoms with Gasteiger partial charge in [-0.25, -0.2) is 9.97 Å². The predicted molar refractivity (Wildman–Crippen MR) is 68.1 cm³/mol. The normalized spacial score (nSPS) is 10.1. The molecule has 0 aliphatic heterocycles. The summed E-state index contributed by atoms with van der Waals surface area (Å²) in [5.41, 5.74) is 0.500. The van der Waals surface area contributed by atoms with Crippen molar-refractivity contribution >= 4 is 34.3 Å². The third-order valence-corrected chi connectivity index (χ3v) is 2.66. The first-order chi connectivity index (χ1) is 7.66. The quantitative estimate of drug-likeness (QED) is 0.853. The Bertz CT molecular complexity index is 506. The van der Waals surface area contributed by atoms with Crippen molar-refractivity contribution in [1.82, 2.24) is 14.5 Å². The third kappa shape index (κ3) is 2.38. The second kappa shape index (κ2) is 4.60. The Labute approximate surface area is 106 Å². The van der Waals surface area contributed by atoms with Gasteiger partial charge in [0.15, 0.2) is 0 Å². The number of hydrogen-bond donors (Lipinski definition) is 1. The van der Waals surface area contributed by atoms with Gasteiger partial charge in [0.1, 0.15) is 11.5 Å². The first-order valence-electron chi connectivity index (χ1n) is 4.56. The molecule has 5 nitrogen and oxygen atoms in total. The number of carbonyl (C=O) groups excluding carboxylic acids is 1. The summed E-state index contributed by atoms with van der Waals surface area (Å²) in [5.74, 6) is 0.320. The van der Waals surface area contributed by atoms with Gasteiger partial charge in [-0.3, -0.25) is 4.79 Å². The molecule has 0 unspecified atom stereocenters. The zero-order valence-electron chi connectivity index (χ0n) is 8.51. The minimum Gasteiger partial charge on any atom is -0.330 e. The molecule has 0 saturated heterocycles. The van der Waals surface area contributed by atoms with Gasteiger partial charge in [0.05, 0.1) is 12.5 Å². The van der Waals surface area contributed by atoms with Crippen molar-refractivity contribution in [3.8, 4) is 0 Å². The predicted octanol–water partition coefficient (Wildman–Crippen LogP) is 1.67. The molecule has 1 N–H and O–H groups in total. The average molecular weight is 328 g/mol. The summed E-state index contributed by atoms with van der Waals surface area (Å²) in [4.78, 5) is 19.7. The number of nitrogens with one attached hydrogen (secondary N) is 1. The molecule has 2 aromatic heterocycles. The highest BCUT2D eigenvalue weighted by atomic mass is 127. The zero-order valence-corrected chi connectivity index (χ0v) is 10.7. The SMILES string of the molecule is Cn1cncc1C(=O)Nc1ccc(I)cn1. The van der Waals surface area contributed by atoms with Crippen LogP contribution in [0.3, 0.4) is 0 Å². The second-order valence-corrected chi connectivity index (χ2v) is 4.45. The van der Waals surface area contributed by atoms with Gasteiger partial charge in [-0.15, -0.1) is 0 Å². The topological polar surface area (TPSA) is 59.8 Å². The van der Waals surface area contributed by atoms with Crippen molar-refractivity contribution in [1.29, 1.82) is 0 Å². The lowest BCUT2D eigenvalue weighted by molar-refractivity contribution is 0.101. The Morgan fingerprint density at radius 2 is 2.25 bits per heavy atom. The maximum absolute atomic E-state index is 11.8. The number of anilines is 1. The Balaban J connectivity index is 2.14. The van der Waals surface area contributed by atoms with Crippen LogP contribution < -0.4 is 5.32 Å². The van der Waals surface area contributed by atoms with Crippen LogP contribution in [0.4, 0.5) is 5.82 Å². The molecule has 82 valence electrons. The number of halogens is 1. The third-order valence-electron chi connectivity index (χ3n) is 2.02. The van der Waals surface area contributed by atoms with Crippen molar-refractivity contribution in [2.24, 2.45) is 7.05 Å². The summed E-state index contributed by atoms with van der Waals surface area (Å²) in [7, 11) is 1.77. The first-order valence-corrected chi connectivity index (χ1v) is 5.64. The summed E-state index contributed by atoms with van der Waals surface area (Å²) in [6.45, 7) is 0. The Kier molecular flexibility index (Phi) is 3.18. The molecule has 2 rings (SSSR count). The van der Waals surface area contributed by atoms with Crippen LogP contribution in [0.25, 0.3) is 0 Å². The van der Waals surface area contributed by atoms with Gasteiger partial charge in [0.25, 0.3) is 5.91 Å². The number of nitrogens with zero attached hydrogens (tertiary/aromatic N) is 3. The summed E-state index contributed by atoms with van der Waals surface area (Å²) in [5, 5.41) is 2.70. The van der Waals surface area contributed by atoms with Gasteiger partial charge in [-0.1, -0.05) is 0 Å². The van der Waals surface area contributed by atoms with Crippen LogP contribution in [-0.4, -0.2) is 20.4 Å². The van der Waals surface area contributed by atoms with Crippen LogP contribution in [-0.2, 0) is 7.05 Å². The van der Waals surface area contributed by atoms with Gasteiger partial charge in [-0.05, 0) is 34.7 Å². The van der Waals surface area contributed by atoms with Crippen molar-refractivity contribution in [2.45, 2.75) is 0 Å². The molecule has 0 radical (unpaired) electrons. The fraction of sp³-hybridized carbons (Fsp3) is 0.100. The summed E-state index contributed by atoms with van der Waals surface area (Å²) in [6, 6.07) is 3.64. The molecule has 0 spiro atoms. The van der Waals surface area contributed by atoms with Crippen molar-refractivity contribution < 1.29 is 4.79 Å². The van der Waals surface area contributed by atoms with Gasteiger partial charge < -0.3 is 9.88 Å². The number of carbonyl (C=O) groups is 1. The molecule has 2 aromatic rings. The van der Waals surface area contributed by atoms with Crippen molar-refractivity contribution in [2.75, 3.05) is 5.32 Å². The van der Waals surface area contributed by atoms with Crippen molar-refractivity contribution in [3.05, 3.63) is 40.1 Å². The van der Waals surface area contributed by atoms with Gasteiger partial charge in [0.2, 0.25) is 0 Å². The highest BCUT2D eigenvalue weighted by molar-refractivity contribution is 14.1. The summed E-state index contributed by atoms with van der Waals surface area (Å²) >= 11 is 2.16. The Morgan fingerprint density at radius 1 is 1.44 bits per heavy atom. The number of aryl methyl sites for hydroxylation is 1. The molecule has 0 saturated carbocycles. The molecule has 0 fully saturated rings. The maximum Gasteiger partial charge on any atom is 0.275 e. The smallest absolute Gasteiger partial charge is 0.275 e. The minimum atomic E-state index is -0.214. The molecule has 2 heterocycles. The zero-order chi connectivity index (χ0) is 11.5. The fourth-order valence-electron chi connectivity index (χ4n) is 1.21. The highest BCUT2D eigenvalue weighted by Crippen LogP contribution is 2.08. The van der Waals surface area contributed by atoms with E-state index in [1.165, 1.54) is 6.20 Å². The molecule has 0 bridgehead atoms. The monoisotopic (exact) mass is 328 g/mol. The number of hydrogen-bond acceptors (Lipinski definition) is 3. The lowest BCUT2D eigenvalue weighted by atomic mass is 10.4. The lowest BCUT2D eigenvalue weighted by Crippen LogP contribution is -2.16. The molecule has 0 aliphatic rings. The number of aromatic nitrogens is 3. The van der Waals surface area contributed by atoms with Crippen molar-refractivity contribution in [3.63, 3.8) is 0 Å². The van der Waals surface area contributed by atoms with E-state index in [1.54, 1.807) is 30.2 Å². The number of amides is 1. The molecule has 6 heteroatoms. The van der Waals surface area contributed by atoms with Crippen LogP contribution in [0, 0.1) is 3.57 Å². The Hall–Kier alpha value is -1.44. The van der Waals surface area contributed by atoms with E-state index >= 15 is 0 Å².